The van der Waals surface area contributed by atoms with Gasteiger partial charge in [-0.15, -0.1) is 0 Å². The molecule has 0 aliphatic rings. The van der Waals surface area contributed by atoms with Crippen molar-refractivity contribution >= 4 is 62.4 Å². The molecule has 0 bridgehead atoms. The standard InChI is InChI=1S/C23H17ClN6O/c24-14-10-12-16(13-11-14)25-21-19-20(17-8-4-5-9-18(17)27-21)29-30-22(19)28-23(31)26-15-6-2-1-3-7-15/h1-13H,(H,25,27)(H3,26,28,29,30,31). The lowest BCUT2D eigenvalue weighted by atomic mass is 10.1. The molecule has 152 valence electrons. The van der Waals surface area contributed by atoms with Gasteiger partial charge in [0.2, 0.25) is 0 Å². The lowest BCUT2D eigenvalue weighted by Crippen LogP contribution is -2.19. The Balaban J connectivity index is 1.56. The lowest BCUT2D eigenvalue weighted by Gasteiger charge is -2.11. The summed E-state index contributed by atoms with van der Waals surface area (Å²) in [5.41, 5.74) is 3.07. The van der Waals surface area contributed by atoms with Crippen LogP contribution < -0.4 is 16.0 Å². The van der Waals surface area contributed by atoms with E-state index in [1.807, 2.05) is 66.7 Å². The Kier molecular flexibility index (Phi) is 4.86. The Morgan fingerprint density at radius 2 is 1.55 bits per heavy atom. The van der Waals surface area contributed by atoms with Crippen LogP contribution in [0, 0.1) is 0 Å². The van der Waals surface area contributed by atoms with Gasteiger partial charge in [-0.2, -0.15) is 5.10 Å². The molecule has 0 unspecified atom stereocenters. The van der Waals surface area contributed by atoms with E-state index in [-0.39, 0.29) is 0 Å². The van der Waals surface area contributed by atoms with E-state index in [0.717, 1.165) is 22.1 Å². The SMILES string of the molecule is O=C(Nc1ccccc1)Nc1n[nH]c2c1c(Nc1ccc(Cl)cc1)nc1ccccc12. The van der Waals surface area contributed by atoms with Gasteiger partial charge in [0, 0.05) is 21.8 Å². The number of hydrogen-bond donors (Lipinski definition) is 4. The molecule has 0 aliphatic carbocycles. The highest BCUT2D eigenvalue weighted by molar-refractivity contribution is 6.30. The largest absolute Gasteiger partial charge is 0.340 e. The summed E-state index contributed by atoms with van der Waals surface area (Å²) in [6, 6.07) is 23.9. The number of halogens is 1. The molecular weight excluding hydrogens is 412 g/mol. The molecule has 0 saturated heterocycles. The summed E-state index contributed by atoms with van der Waals surface area (Å²) in [5.74, 6) is 0.943. The molecule has 7 nitrogen and oxygen atoms in total. The van der Waals surface area contributed by atoms with E-state index in [2.05, 4.69) is 26.1 Å². The Morgan fingerprint density at radius 3 is 2.35 bits per heavy atom. The third kappa shape index (κ3) is 3.86. The molecule has 0 radical (unpaired) electrons. The smallest absolute Gasteiger partial charge is 0.324 e. The fourth-order valence-corrected chi connectivity index (χ4v) is 3.49. The van der Waals surface area contributed by atoms with E-state index in [4.69, 9.17) is 16.6 Å². The average Bonchev–Trinajstić information content (AvgIpc) is 3.20. The average molecular weight is 429 g/mol. The van der Waals surface area contributed by atoms with E-state index in [0.29, 0.717) is 27.7 Å². The maximum atomic E-state index is 12.6. The van der Waals surface area contributed by atoms with E-state index >= 15 is 0 Å². The number of nitrogens with one attached hydrogen (secondary N) is 4. The van der Waals surface area contributed by atoms with Crippen molar-refractivity contribution in [1.82, 2.24) is 15.2 Å². The molecule has 0 aliphatic heterocycles. The summed E-state index contributed by atoms with van der Waals surface area (Å²) < 4.78 is 0. The lowest BCUT2D eigenvalue weighted by molar-refractivity contribution is 0.262. The van der Waals surface area contributed by atoms with Crippen LogP contribution in [0.4, 0.5) is 27.8 Å². The first-order valence-electron chi connectivity index (χ1n) is 9.60. The molecular formula is C23H17ClN6O. The second-order valence-electron chi connectivity index (χ2n) is 6.88. The molecule has 4 N–H and O–H groups in total. The first-order valence-corrected chi connectivity index (χ1v) is 9.97. The van der Waals surface area contributed by atoms with Gasteiger partial charge in [0.25, 0.3) is 0 Å². The minimum absolute atomic E-state index is 0.373. The van der Waals surface area contributed by atoms with Gasteiger partial charge in [0.1, 0.15) is 5.82 Å². The number of amides is 2. The number of hydrogen-bond acceptors (Lipinski definition) is 4. The summed E-state index contributed by atoms with van der Waals surface area (Å²) in [4.78, 5) is 17.3. The number of carbonyl (C=O) groups is 1. The molecule has 5 aromatic rings. The molecule has 5 rings (SSSR count). The second kappa shape index (κ2) is 7.97. The molecule has 0 atom stereocenters. The van der Waals surface area contributed by atoms with Crippen LogP contribution in [-0.4, -0.2) is 21.2 Å². The van der Waals surface area contributed by atoms with Crippen LogP contribution in [0.2, 0.25) is 5.02 Å². The molecule has 2 heterocycles. The van der Waals surface area contributed by atoms with Crippen molar-refractivity contribution in [3.05, 3.63) is 83.9 Å². The van der Waals surface area contributed by atoms with Crippen LogP contribution in [0.3, 0.4) is 0 Å². The van der Waals surface area contributed by atoms with E-state index < -0.39 is 6.03 Å². The monoisotopic (exact) mass is 428 g/mol. The number of nitrogens with zero attached hydrogens (tertiary/aromatic N) is 2. The molecule has 2 aromatic heterocycles. The Hall–Kier alpha value is -4.10. The molecule has 0 saturated carbocycles. The molecule has 3 aromatic carbocycles. The maximum absolute atomic E-state index is 12.6. The number of anilines is 4. The topological polar surface area (TPSA) is 94.7 Å². The van der Waals surface area contributed by atoms with Crippen molar-refractivity contribution in [2.45, 2.75) is 0 Å². The van der Waals surface area contributed by atoms with Gasteiger partial charge in [-0.1, -0.05) is 48.0 Å². The zero-order chi connectivity index (χ0) is 21.2. The number of para-hydroxylation sites is 2. The van der Waals surface area contributed by atoms with Gasteiger partial charge in [0.15, 0.2) is 5.82 Å². The number of benzene rings is 3. The zero-order valence-corrected chi connectivity index (χ0v) is 16.9. The number of carbonyl (C=O) groups excluding carboxylic acids is 1. The number of rotatable bonds is 4. The normalized spacial score (nSPS) is 10.9. The number of fused-ring (bicyclic) bond motifs is 3. The molecule has 0 fully saturated rings. The van der Waals surface area contributed by atoms with E-state index in [1.54, 1.807) is 12.1 Å². The predicted molar refractivity (Wildman–Crippen MR) is 125 cm³/mol. The van der Waals surface area contributed by atoms with E-state index in [1.165, 1.54) is 0 Å². The number of pyridine rings is 1. The number of aromatic amines is 1. The Morgan fingerprint density at radius 1 is 0.806 bits per heavy atom. The Bertz CT molecular complexity index is 1380. The van der Waals surface area contributed by atoms with Gasteiger partial charge >= 0.3 is 6.03 Å². The molecule has 0 spiro atoms. The molecule has 31 heavy (non-hydrogen) atoms. The first-order chi connectivity index (χ1) is 15.2. The van der Waals surface area contributed by atoms with Gasteiger partial charge in [-0.05, 0) is 42.5 Å². The van der Waals surface area contributed by atoms with E-state index in [9.17, 15) is 4.79 Å². The van der Waals surface area contributed by atoms with Crippen molar-refractivity contribution < 1.29 is 4.79 Å². The van der Waals surface area contributed by atoms with Crippen LogP contribution in [0.5, 0.6) is 0 Å². The summed E-state index contributed by atoms with van der Waals surface area (Å²) in [5, 5.41) is 18.5. The maximum Gasteiger partial charge on any atom is 0.324 e. The van der Waals surface area contributed by atoms with Crippen LogP contribution in [0.1, 0.15) is 0 Å². The van der Waals surface area contributed by atoms with Crippen molar-refractivity contribution in [3.8, 4) is 0 Å². The first kappa shape index (κ1) is 18.9. The number of urea groups is 1. The van der Waals surface area contributed by atoms with Crippen LogP contribution in [0.15, 0.2) is 78.9 Å². The minimum atomic E-state index is -0.398. The third-order valence-corrected chi connectivity index (χ3v) is 5.03. The van der Waals surface area contributed by atoms with Crippen molar-refractivity contribution in [2.75, 3.05) is 16.0 Å². The summed E-state index contributed by atoms with van der Waals surface area (Å²) in [6.07, 6.45) is 0. The molecule has 8 heteroatoms. The number of H-pyrrole nitrogens is 1. The zero-order valence-electron chi connectivity index (χ0n) is 16.2. The van der Waals surface area contributed by atoms with Crippen LogP contribution in [-0.2, 0) is 0 Å². The van der Waals surface area contributed by atoms with Crippen molar-refractivity contribution in [1.29, 1.82) is 0 Å². The van der Waals surface area contributed by atoms with Gasteiger partial charge in [-0.25, -0.2) is 9.78 Å². The summed E-state index contributed by atoms with van der Waals surface area (Å²) in [6.45, 7) is 0. The van der Waals surface area contributed by atoms with Gasteiger partial charge < -0.3 is 10.6 Å². The second-order valence-corrected chi connectivity index (χ2v) is 7.31. The fourth-order valence-electron chi connectivity index (χ4n) is 3.37. The highest BCUT2D eigenvalue weighted by atomic mass is 35.5. The van der Waals surface area contributed by atoms with Gasteiger partial charge in [-0.3, -0.25) is 10.4 Å². The third-order valence-electron chi connectivity index (χ3n) is 4.78. The van der Waals surface area contributed by atoms with Crippen molar-refractivity contribution in [3.63, 3.8) is 0 Å². The summed E-state index contributed by atoms with van der Waals surface area (Å²) >= 11 is 6.01. The molecule has 2 amide bonds. The van der Waals surface area contributed by atoms with Crippen molar-refractivity contribution in [2.24, 2.45) is 0 Å². The van der Waals surface area contributed by atoms with Crippen LogP contribution >= 0.6 is 11.6 Å². The predicted octanol–water partition coefficient (Wildman–Crippen LogP) is 6.15. The number of aromatic nitrogens is 3. The van der Waals surface area contributed by atoms with Crippen LogP contribution in [0.25, 0.3) is 21.8 Å². The highest BCUT2D eigenvalue weighted by Crippen LogP contribution is 2.34. The highest BCUT2D eigenvalue weighted by Gasteiger charge is 2.17. The quantitative estimate of drug-likeness (QED) is 0.276. The Labute approximate surface area is 182 Å². The van der Waals surface area contributed by atoms with Gasteiger partial charge in [0.05, 0.1) is 16.4 Å². The minimum Gasteiger partial charge on any atom is -0.340 e. The summed E-state index contributed by atoms with van der Waals surface area (Å²) in [7, 11) is 0. The fraction of sp³-hybridized carbons (Fsp3) is 0.